The number of amides is 3. The minimum absolute atomic E-state index is 0.0816. The predicted octanol–water partition coefficient (Wildman–Crippen LogP) is 2.98. The molecule has 2 aliphatic rings. The molecule has 0 bridgehead atoms. The first-order valence-corrected chi connectivity index (χ1v) is 10.2. The van der Waals surface area contributed by atoms with Crippen molar-refractivity contribution >= 4 is 17.6 Å². The average molecular weight is 446 g/mol. The number of nitriles is 1. The molecule has 4 rings (SSSR count). The van der Waals surface area contributed by atoms with E-state index in [0.717, 1.165) is 11.0 Å². The SMILES string of the molecule is C[C@@H]1Cc2nn3c(c2CN1C(=O)Nc1ccc(F)c(C#N)c1)C(=O)N(CC(F)F)CCC3. The molecule has 0 radical (unpaired) electrons. The van der Waals surface area contributed by atoms with Crippen molar-refractivity contribution in [2.45, 2.75) is 45.3 Å². The quantitative estimate of drug-likeness (QED) is 0.784. The van der Waals surface area contributed by atoms with Crippen LogP contribution >= 0.6 is 0 Å². The number of urea groups is 1. The van der Waals surface area contributed by atoms with Gasteiger partial charge in [-0.3, -0.25) is 9.48 Å². The molecule has 3 heterocycles. The van der Waals surface area contributed by atoms with E-state index in [1.165, 1.54) is 17.0 Å². The fourth-order valence-electron chi connectivity index (χ4n) is 4.16. The van der Waals surface area contributed by atoms with Gasteiger partial charge in [0.15, 0.2) is 0 Å². The van der Waals surface area contributed by atoms with Crippen LogP contribution in [0.2, 0.25) is 0 Å². The molecular formula is C21H21F3N6O2. The van der Waals surface area contributed by atoms with E-state index in [9.17, 15) is 22.8 Å². The maximum absolute atomic E-state index is 13.6. The van der Waals surface area contributed by atoms with Crippen molar-refractivity contribution in [2.24, 2.45) is 0 Å². The van der Waals surface area contributed by atoms with Gasteiger partial charge in [0, 0.05) is 36.8 Å². The first-order chi connectivity index (χ1) is 15.3. The lowest BCUT2D eigenvalue weighted by atomic mass is 9.99. The van der Waals surface area contributed by atoms with Gasteiger partial charge in [-0.15, -0.1) is 0 Å². The highest BCUT2D eigenvalue weighted by molar-refractivity contribution is 5.95. The third-order valence-electron chi connectivity index (χ3n) is 5.73. The highest BCUT2D eigenvalue weighted by Crippen LogP contribution is 2.29. The number of hydrogen-bond donors (Lipinski definition) is 1. The van der Waals surface area contributed by atoms with Crippen LogP contribution in [0.3, 0.4) is 0 Å². The molecule has 0 unspecified atom stereocenters. The lowest BCUT2D eigenvalue weighted by Crippen LogP contribution is -2.45. The molecule has 0 saturated carbocycles. The minimum atomic E-state index is -2.64. The van der Waals surface area contributed by atoms with Crippen LogP contribution in [-0.2, 0) is 19.5 Å². The molecule has 0 saturated heterocycles. The Balaban J connectivity index is 1.59. The van der Waals surface area contributed by atoms with Crippen LogP contribution in [0.1, 0.15) is 40.7 Å². The molecule has 11 heteroatoms. The molecule has 3 amide bonds. The number of carbonyl (C=O) groups is 2. The van der Waals surface area contributed by atoms with Gasteiger partial charge in [0.05, 0.1) is 24.3 Å². The zero-order valence-electron chi connectivity index (χ0n) is 17.3. The highest BCUT2D eigenvalue weighted by atomic mass is 19.3. The van der Waals surface area contributed by atoms with Crippen molar-refractivity contribution in [3.05, 3.63) is 46.5 Å². The number of fused-ring (bicyclic) bond motifs is 3. The van der Waals surface area contributed by atoms with Gasteiger partial charge >= 0.3 is 6.03 Å². The van der Waals surface area contributed by atoms with Gasteiger partial charge < -0.3 is 15.1 Å². The lowest BCUT2D eigenvalue weighted by Gasteiger charge is -2.33. The largest absolute Gasteiger partial charge is 0.332 e. The number of halogens is 3. The van der Waals surface area contributed by atoms with Gasteiger partial charge in [0.2, 0.25) is 0 Å². The van der Waals surface area contributed by atoms with Gasteiger partial charge in [-0.2, -0.15) is 10.4 Å². The van der Waals surface area contributed by atoms with Crippen molar-refractivity contribution in [1.82, 2.24) is 19.6 Å². The van der Waals surface area contributed by atoms with E-state index in [0.29, 0.717) is 30.6 Å². The molecule has 1 atom stereocenters. The number of alkyl halides is 2. The van der Waals surface area contributed by atoms with Crippen LogP contribution < -0.4 is 5.32 Å². The summed E-state index contributed by atoms with van der Waals surface area (Å²) >= 11 is 0. The van der Waals surface area contributed by atoms with Crippen molar-refractivity contribution in [3.63, 3.8) is 0 Å². The zero-order chi connectivity index (χ0) is 23.0. The van der Waals surface area contributed by atoms with Gasteiger partial charge in [-0.25, -0.2) is 18.0 Å². The van der Waals surface area contributed by atoms with Crippen molar-refractivity contribution < 1.29 is 22.8 Å². The Morgan fingerprint density at radius 1 is 1.38 bits per heavy atom. The summed E-state index contributed by atoms with van der Waals surface area (Å²) < 4.78 is 41.0. The van der Waals surface area contributed by atoms with Crippen LogP contribution in [0.4, 0.5) is 23.7 Å². The third kappa shape index (κ3) is 4.00. The van der Waals surface area contributed by atoms with E-state index >= 15 is 0 Å². The number of benzene rings is 1. The highest BCUT2D eigenvalue weighted by Gasteiger charge is 2.36. The Hall–Kier alpha value is -3.55. The van der Waals surface area contributed by atoms with E-state index in [1.54, 1.807) is 10.8 Å². The molecule has 168 valence electrons. The van der Waals surface area contributed by atoms with Crippen molar-refractivity contribution in [3.8, 4) is 6.07 Å². The van der Waals surface area contributed by atoms with E-state index in [1.807, 2.05) is 6.92 Å². The summed E-state index contributed by atoms with van der Waals surface area (Å²) in [4.78, 5) is 28.6. The number of nitrogens with one attached hydrogen (secondary N) is 1. The maximum atomic E-state index is 13.6. The predicted molar refractivity (Wildman–Crippen MR) is 108 cm³/mol. The summed E-state index contributed by atoms with van der Waals surface area (Å²) in [6.07, 6.45) is -1.73. The Labute approximate surface area is 182 Å². The van der Waals surface area contributed by atoms with Crippen LogP contribution in [-0.4, -0.2) is 57.1 Å². The fourth-order valence-corrected chi connectivity index (χ4v) is 4.16. The van der Waals surface area contributed by atoms with Gasteiger partial charge in [0.1, 0.15) is 17.6 Å². The topological polar surface area (TPSA) is 94.3 Å². The second kappa shape index (κ2) is 8.53. The maximum Gasteiger partial charge on any atom is 0.322 e. The van der Waals surface area contributed by atoms with Crippen LogP contribution in [0.5, 0.6) is 0 Å². The summed E-state index contributed by atoms with van der Waals surface area (Å²) in [5.74, 6) is -1.19. The van der Waals surface area contributed by atoms with E-state index in [-0.39, 0.29) is 36.1 Å². The second-order valence-corrected chi connectivity index (χ2v) is 7.91. The molecule has 0 spiro atoms. The summed E-state index contributed by atoms with van der Waals surface area (Å²) in [7, 11) is 0. The number of rotatable bonds is 3. The van der Waals surface area contributed by atoms with Crippen LogP contribution in [0.25, 0.3) is 0 Å². The summed E-state index contributed by atoms with van der Waals surface area (Å²) in [5.41, 5.74) is 1.55. The molecule has 8 nitrogen and oxygen atoms in total. The normalized spacial score (nSPS) is 18.1. The van der Waals surface area contributed by atoms with Crippen LogP contribution in [0, 0.1) is 17.1 Å². The summed E-state index contributed by atoms with van der Waals surface area (Å²) in [6, 6.07) is 4.69. The monoisotopic (exact) mass is 446 g/mol. The molecule has 2 aromatic rings. The van der Waals surface area contributed by atoms with Crippen molar-refractivity contribution in [1.29, 1.82) is 5.26 Å². The Morgan fingerprint density at radius 2 is 2.16 bits per heavy atom. The Morgan fingerprint density at radius 3 is 2.88 bits per heavy atom. The van der Waals surface area contributed by atoms with Crippen molar-refractivity contribution in [2.75, 3.05) is 18.4 Å². The number of carbonyl (C=O) groups excluding carboxylic acids is 2. The fraction of sp³-hybridized carbons (Fsp3) is 0.429. The average Bonchev–Trinajstić information content (AvgIpc) is 3.02. The standard InChI is InChI=1S/C21H21F3N6O2/c1-12-7-17-15(19-20(31)28(11-18(23)24)5-2-6-30(19)27-17)10-29(12)21(32)26-14-3-4-16(22)13(8-14)9-25/h3-4,8,12,18H,2,5-7,10-11H2,1H3,(H,26,32)/t12-/m1/s1. The van der Waals surface area contributed by atoms with E-state index in [2.05, 4.69) is 10.4 Å². The van der Waals surface area contributed by atoms with Crippen LogP contribution in [0.15, 0.2) is 18.2 Å². The molecule has 2 aliphatic heterocycles. The smallest absolute Gasteiger partial charge is 0.322 e. The number of anilines is 1. The molecule has 0 fully saturated rings. The summed E-state index contributed by atoms with van der Waals surface area (Å²) in [6.45, 7) is 1.92. The molecule has 0 aliphatic carbocycles. The van der Waals surface area contributed by atoms with Gasteiger partial charge in [0.25, 0.3) is 12.3 Å². The van der Waals surface area contributed by atoms with E-state index in [4.69, 9.17) is 5.26 Å². The number of aromatic nitrogens is 2. The van der Waals surface area contributed by atoms with Gasteiger partial charge in [-0.05, 0) is 31.5 Å². The third-order valence-corrected chi connectivity index (χ3v) is 5.73. The number of aryl methyl sites for hydroxylation is 1. The Bertz CT molecular complexity index is 1110. The zero-order valence-corrected chi connectivity index (χ0v) is 17.3. The number of nitrogens with zero attached hydrogens (tertiary/aromatic N) is 5. The van der Waals surface area contributed by atoms with Gasteiger partial charge in [-0.1, -0.05) is 0 Å². The molecule has 1 aromatic heterocycles. The molecule has 1 aromatic carbocycles. The first kappa shape index (κ1) is 21.7. The lowest BCUT2D eigenvalue weighted by molar-refractivity contribution is 0.0557. The minimum Gasteiger partial charge on any atom is -0.332 e. The molecule has 1 N–H and O–H groups in total. The molecule has 32 heavy (non-hydrogen) atoms. The first-order valence-electron chi connectivity index (χ1n) is 10.2. The van der Waals surface area contributed by atoms with E-state index < -0.39 is 30.7 Å². The molecular weight excluding hydrogens is 425 g/mol. The second-order valence-electron chi connectivity index (χ2n) is 7.91. The Kier molecular flexibility index (Phi) is 5.78. The summed E-state index contributed by atoms with van der Waals surface area (Å²) in [5, 5.41) is 16.2. The number of hydrogen-bond acceptors (Lipinski definition) is 4.